The van der Waals surface area contributed by atoms with Crippen LogP contribution in [0, 0.1) is 0 Å². The Labute approximate surface area is 312 Å². The number of carbonyl (C=O) groups is 5. The number of piperidine rings is 1. The molecule has 15 heteroatoms. The molecule has 0 spiro atoms. The minimum Gasteiger partial charge on any atom is -0.384 e. The van der Waals surface area contributed by atoms with Gasteiger partial charge in [-0.05, 0) is 77.0 Å². The monoisotopic (exact) mass is 732 g/mol. The van der Waals surface area contributed by atoms with E-state index in [1.165, 1.54) is 5.57 Å². The lowest BCUT2D eigenvalue weighted by Crippen LogP contribution is -2.65. The summed E-state index contributed by atoms with van der Waals surface area (Å²) in [7, 11) is 0. The van der Waals surface area contributed by atoms with Crippen molar-refractivity contribution in [1.82, 2.24) is 46.4 Å². The second kappa shape index (κ2) is 16.7. The molecule has 7 rings (SSSR count). The van der Waals surface area contributed by atoms with E-state index in [9.17, 15) is 24.0 Å². The molecule has 5 fully saturated rings. The third kappa shape index (κ3) is 8.20. The maximum Gasteiger partial charge on any atom is 0.264 e. The lowest BCUT2D eigenvalue weighted by molar-refractivity contribution is -0.136. The van der Waals surface area contributed by atoms with Crippen LogP contribution in [0.1, 0.15) is 92.4 Å². The van der Waals surface area contributed by atoms with Crippen LogP contribution in [0.3, 0.4) is 0 Å². The fourth-order valence-corrected chi connectivity index (χ4v) is 9.11. The third-order valence-electron chi connectivity index (χ3n) is 12.0. The highest BCUT2D eigenvalue weighted by Gasteiger charge is 2.46. The zero-order valence-corrected chi connectivity index (χ0v) is 31.1. The van der Waals surface area contributed by atoms with E-state index in [0.717, 1.165) is 76.0 Å². The van der Waals surface area contributed by atoms with Crippen LogP contribution < -0.4 is 32.0 Å². The van der Waals surface area contributed by atoms with Gasteiger partial charge in [-0.15, -0.1) is 0 Å². The van der Waals surface area contributed by atoms with Crippen molar-refractivity contribution in [3.05, 3.63) is 41.0 Å². The van der Waals surface area contributed by atoms with Crippen LogP contribution in [0.25, 0.3) is 0 Å². The van der Waals surface area contributed by atoms with Gasteiger partial charge in [-0.1, -0.05) is 24.6 Å². The van der Waals surface area contributed by atoms with E-state index < -0.39 is 29.7 Å². The minimum absolute atomic E-state index is 0.0850. The number of nitrogens with one attached hydrogen (secondary N) is 6. The third-order valence-corrected chi connectivity index (χ3v) is 12.0. The summed E-state index contributed by atoms with van der Waals surface area (Å²) < 4.78 is 0. The van der Waals surface area contributed by atoms with Crippen LogP contribution in [0.4, 0.5) is 5.69 Å². The highest BCUT2D eigenvalue weighted by atomic mass is 16.2. The van der Waals surface area contributed by atoms with Crippen molar-refractivity contribution in [2.75, 3.05) is 57.7 Å². The lowest BCUT2D eigenvalue weighted by Gasteiger charge is -2.44. The molecule has 5 amide bonds. The van der Waals surface area contributed by atoms with Crippen molar-refractivity contribution >= 4 is 35.2 Å². The fourth-order valence-electron chi connectivity index (χ4n) is 9.11. The van der Waals surface area contributed by atoms with Crippen molar-refractivity contribution in [3.63, 3.8) is 0 Å². The first-order chi connectivity index (χ1) is 25.7. The van der Waals surface area contributed by atoms with E-state index in [2.05, 4.69) is 61.8 Å². The number of allylic oxidation sites excluding steroid dienone is 1. The van der Waals surface area contributed by atoms with Crippen molar-refractivity contribution in [2.45, 2.75) is 108 Å². The molecule has 1 aromatic carbocycles. The summed E-state index contributed by atoms with van der Waals surface area (Å²) in [5.74, 6) is -1.87. The Morgan fingerprint density at radius 2 is 1.79 bits per heavy atom. The van der Waals surface area contributed by atoms with Crippen LogP contribution in [0.15, 0.2) is 29.8 Å². The number of piperazine rings is 1. The van der Waals surface area contributed by atoms with Gasteiger partial charge in [0.15, 0.2) is 0 Å². The lowest BCUT2D eigenvalue weighted by atomic mass is 9.96. The Hall–Kier alpha value is -3.73. The molecule has 4 unspecified atom stereocenters. The summed E-state index contributed by atoms with van der Waals surface area (Å²) >= 11 is 0. The molecule has 6 N–H and O–H groups in total. The molecule has 1 aliphatic carbocycles. The first kappa shape index (κ1) is 37.6. The van der Waals surface area contributed by atoms with Crippen LogP contribution in [-0.4, -0.2) is 138 Å². The molecule has 6 atom stereocenters. The number of hydrogen-bond acceptors (Lipinski definition) is 12. The summed E-state index contributed by atoms with van der Waals surface area (Å²) in [6, 6.07) is 5.29. The molecule has 53 heavy (non-hydrogen) atoms. The molecular weight excluding hydrogens is 676 g/mol. The van der Waals surface area contributed by atoms with E-state index in [1.54, 1.807) is 18.2 Å². The fraction of sp³-hybridized carbons (Fsp3) is 0.658. The Balaban J connectivity index is 0.802. The number of fused-ring (bicyclic) bond motifs is 2. The van der Waals surface area contributed by atoms with Crippen LogP contribution in [-0.2, 0) is 14.4 Å². The van der Waals surface area contributed by atoms with E-state index in [4.69, 9.17) is 0 Å². The summed E-state index contributed by atoms with van der Waals surface area (Å²) in [5.41, 5.74) is 6.18. The zero-order valence-electron chi connectivity index (χ0n) is 31.1. The molecule has 4 saturated heterocycles. The summed E-state index contributed by atoms with van der Waals surface area (Å²) in [4.78, 5) is 69.0. The maximum atomic E-state index is 13.4. The molecule has 0 bridgehead atoms. The standard InChI is InChI=1S/C38H56N10O5/c1-3-24(4-2)29-22-32(48-31(43-29)13-15-41-48)42-26-10-9-25(21-26)40-23-34(50)46-19-17-45(18-20-46)16-6-14-39-28-8-5-7-27-35(28)38(53)47(37(27)52)30-11-12-33(49)44-36(30)51/h3,5,7-8,25-26,29-32,39-43H,4,6,9-23H2,1-2H3,(H,44,49,51)/b24-3+/t25-,26-,29?,30?,31?,32?/m0/s1. The number of benzene rings is 1. The Morgan fingerprint density at radius 3 is 2.57 bits per heavy atom. The molecule has 0 radical (unpaired) electrons. The SMILES string of the molecule is C/C=C(\CC)C1CC(N[C@H]2CC[C@H](NCC(=O)N3CCN(CCCNc4cccc5c4C(=O)N(C4CCC(=O)NC4=O)C5=O)CC3)C2)N2NCCC2N1. The number of carbonyl (C=O) groups excluding carboxylic acids is 5. The van der Waals surface area contributed by atoms with Gasteiger partial charge in [0, 0.05) is 69.5 Å². The van der Waals surface area contributed by atoms with Gasteiger partial charge in [0.25, 0.3) is 11.8 Å². The maximum absolute atomic E-state index is 13.4. The highest BCUT2D eigenvalue weighted by molar-refractivity contribution is 6.25. The molecule has 15 nitrogen and oxygen atoms in total. The average molecular weight is 733 g/mol. The van der Waals surface area contributed by atoms with Gasteiger partial charge < -0.3 is 15.5 Å². The Bertz CT molecular complexity index is 1590. The average Bonchev–Trinajstić information content (AvgIpc) is 3.89. The van der Waals surface area contributed by atoms with Gasteiger partial charge >= 0.3 is 0 Å². The molecular formula is C38H56N10O5. The molecule has 6 aliphatic rings. The minimum atomic E-state index is -0.988. The first-order valence-electron chi connectivity index (χ1n) is 19.7. The quantitative estimate of drug-likeness (QED) is 0.0956. The Kier molecular flexibility index (Phi) is 11.9. The summed E-state index contributed by atoms with van der Waals surface area (Å²) in [6.07, 6.45) is 10.4. The molecule has 0 aromatic heterocycles. The number of nitrogens with zero attached hydrogens (tertiary/aromatic N) is 4. The van der Waals surface area contributed by atoms with Crippen LogP contribution in [0.5, 0.6) is 0 Å². The van der Waals surface area contributed by atoms with E-state index in [1.807, 2.05) is 4.90 Å². The van der Waals surface area contributed by atoms with E-state index >= 15 is 0 Å². The predicted octanol–water partition coefficient (Wildman–Crippen LogP) is 0.715. The first-order valence-corrected chi connectivity index (χ1v) is 19.7. The molecule has 1 aromatic rings. The summed E-state index contributed by atoms with van der Waals surface area (Å²) in [6.45, 7) is 10.2. The number of hydrazine groups is 1. The molecule has 288 valence electrons. The van der Waals surface area contributed by atoms with Gasteiger partial charge in [0.1, 0.15) is 6.04 Å². The van der Waals surface area contributed by atoms with Crippen molar-refractivity contribution in [1.29, 1.82) is 0 Å². The second-order valence-electron chi connectivity index (χ2n) is 15.2. The number of imide groups is 2. The van der Waals surface area contributed by atoms with Crippen molar-refractivity contribution in [2.24, 2.45) is 0 Å². The van der Waals surface area contributed by atoms with Crippen LogP contribution >= 0.6 is 0 Å². The van der Waals surface area contributed by atoms with Gasteiger partial charge in [-0.3, -0.25) is 55.1 Å². The molecule has 1 saturated carbocycles. The molecule has 5 heterocycles. The van der Waals surface area contributed by atoms with E-state index in [0.29, 0.717) is 62.3 Å². The van der Waals surface area contributed by atoms with Crippen molar-refractivity contribution < 1.29 is 24.0 Å². The Morgan fingerprint density at radius 1 is 0.981 bits per heavy atom. The highest BCUT2D eigenvalue weighted by Crippen LogP contribution is 2.32. The normalized spacial score (nSPS) is 29.8. The second-order valence-corrected chi connectivity index (χ2v) is 15.2. The number of hydrogen-bond donors (Lipinski definition) is 6. The van der Waals surface area contributed by atoms with Crippen molar-refractivity contribution in [3.8, 4) is 0 Å². The zero-order chi connectivity index (χ0) is 37.1. The smallest absolute Gasteiger partial charge is 0.264 e. The van der Waals surface area contributed by atoms with Gasteiger partial charge in [0.2, 0.25) is 17.7 Å². The number of amides is 5. The number of anilines is 1. The molecule has 5 aliphatic heterocycles. The largest absolute Gasteiger partial charge is 0.384 e. The van der Waals surface area contributed by atoms with Gasteiger partial charge in [-0.25, -0.2) is 5.01 Å². The van der Waals surface area contributed by atoms with Gasteiger partial charge in [-0.2, -0.15) is 0 Å². The van der Waals surface area contributed by atoms with Gasteiger partial charge in [0.05, 0.1) is 30.0 Å². The summed E-state index contributed by atoms with van der Waals surface area (Å²) in [5, 5.41) is 19.3. The predicted molar refractivity (Wildman–Crippen MR) is 199 cm³/mol. The van der Waals surface area contributed by atoms with E-state index in [-0.39, 0.29) is 29.9 Å². The van der Waals surface area contributed by atoms with Crippen LogP contribution in [0.2, 0.25) is 0 Å². The topological polar surface area (TPSA) is 170 Å². The number of rotatable bonds is 13.